The molecule has 0 aliphatic heterocycles. The van der Waals surface area contributed by atoms with Crippen LogP contribution in [0.5, 0.6) is 0 Å². The van der Waals surface area contributed by atoms with Gasteiger partial charge in [-0.3, -0.25) is 4.79 Å². The molecule has 1 atom stereocenters. The molecule has 0 bridgehead atoms. The van der Waals surface area contributed by atoms with Gasteiger partial charge in [0.1, 0.15) is 6.33 Å². The molecule has 130 valence electrons. The maximum absolute atomic E-state index is 12.2. The van der Waals surface area contributed by atoms with Gasteiger partial charge >= 0.3 is 5.97 Å². The van der Waals surface area contributed by atoms with Crippen molar-refractivity contribution in [2.75, 3.05) is 13.7 Å². The minimum Gasteiger partial charge on any atom is -0.479 e. The van der Waals surface area contributed by atoms with E-state index in [1.54, 1.807) is 4.52 Å². The fourth-order valence-electron chi connectivity index (χ4n) is 2.57. The molecule has 0 aromatic carbocycles. The first-order valence-electron chi connectivity index (χ1n) is 7.47. The van der Waals surface area contributed by atoms with E-state index in [1.165, 1.54) is 20.4 Å². The Bertz CT molecular complexity index is 773. The van der Waals surface area contributed by atoms with Gasteiger partial charge in [-0.2, -0.15) is 10.1 Å². The van der Waals surface area contributed by atoms with Crippen LogP contribution in [0.2, 0.25) is 0 Å². The van der Waals surface area contributed by atoms with E-state index in [0.717, 1.165) is 17.0 Å². The molecule has 2 aromatic rings. The molecule has 2 heterocycles. The lowest BCUT2D eigenvalue weighted by Crippen LogP contribution is -2.55. The summed E-state index contributed by atoms with van der Waals surface area (Å²) in [5, 5.41) is 15.9. The molecule has 0 saturated carbocycles. The van der Waals surface area contributed by atoms with E-state index in [2.05, 4.69) is 20.4 Å². The Balaban J connectivity index is 2.10. The summed E-state index contributed by atoms with van der Waals surface area (Å²) in [6.07, 6.45) is 1.99. The van der Waals surface area contributed by atoms with Crippen molar-refractivity contribution >= 4 is 17.7 Å². The van der Waals surface area contributed by atoms with Crippen LogP contribution < -0.4 is 5.32 Å². The molecule has 2 rings (SSSR count). The molecule has 1 amide bonds. The fraction of sp³-hybridized carbons (Fsp3) is 0.533. The number of hydrogen-bond acceptors (Lipinski definition) is 6. The molecule has 0 aliphatic rings. The lowest BCUT2D eigenvalue weighted by molar-refractivity contribution is -0.149. The van der Waals surface area contributed by atoms with Crippen LogP contribution in [0.4, 0.5) is 0 Å². The predicted octanol–water partition coefficient (Wildman–Crippen LogP) is 0.280. The van der Waals surface area contributed by atoms with Gasteiger partial charge in [-0.05, 0) is 32.8 Å². The van der Waals surface area contributed by atoms with Gasteiger partial charge in [-0.25, -0.2) is 14.3 Å². The number of hydrogen-bond donors (Lipinski definition) is 2. The number of nitrogens with zero attached hydrogens (tertiary/aromatic N) is 4. The molecule has 0 radical (unpaired) electrons. The summed E-state index contributed by atoms with van der Waals surface area (Å²) in [7, 11) is 1.39. The average Bonchev–Trinajstić information content (AvgIpc) is 2.95. The molecule has 2 N–H and O–H groups in total. The maximum atomic E-state index is 12.2. The first kappa shape index (κ1) is 17.8. The van der Waals surface area contributed by atoms with Crippen LogP contribution in [0.25, 0.3) is 5.78 Å². The minimum absolute atomic E-state index is 0.112. The van der Waals surface area contributed by atoms with Crippen molar-refractivity contribution in [1.29, 1.82) is 0 Å². The minimum atomic E-state index is -1.45. The molecular formula is C15H21N5O4. The Kier molecular flexibility index (Phi) is 5.13. The van der Waals surface area contributed by atoms with E-state index in [9.17, 15) is 14.7 Å². The van der Waals surface area contributed by atoms with Gasteiger partial charge in [0.15, 0.2) is 5.54 Å². The topological polar surface area (TPSA) is 119 Å². The number of carbonyl (C=O) groups excluding carboxylic acids is 1. The van der Waals surface area contributed by atoms with Gasteiger partial charge in [0.05, 0.1) is 6.61 Å². The van der Waals surface area contributed by atoms with Crippen molar-refractivity contribution in [3.63, 3.8) is 0 Å². The molecule has 0 saturated heterocycles. The first-order valence-corrected chi connectivity index (χ1v) is 7.47. The normalized spacial score (nSPS) is 13.7. The van der Waals surface area contributed by atoms with Gasteiger partial charge in [0.2, 0.25) is 5.91 Å². The summed E-state index contributed by atoms with van der Waals surface area (Å²) in [5.74, 6) is -0.998. The van der Waals surface area contributed by atoms with Gasteiger partial charge < -0.3 is 15.2 Å². The summed E-state index contributed by atoms with van der Waals surface area (Å²) < 4.78 is 6.50. The molecule has 2 aromatic heterocycles. The monoisotopic (exact) mass is 335 g/mol. The molecule has 0 fully saturated rings. The summed E-state index contributed by atoms with van der Waals surface area (Å²) in [5.41, 5.74) is 1.08. The zero-order valence-corrected chi connectivity index (χ0v) is 14.2. The number of carbonyl (C=O) groups is 2. The van der Waals surface area contributed by atoms with Crippen molar-refractivity contribution in [2.45, 2.75) is 39.2 Å². The molecule has 9 heteroatoms. The largest absolute Gasteiger partial charge is 0.479 e. The molecule has 0 spiro atoms. The maximum Gasteiger partial charge on any atom is 0.331 e. The predicted molar refractivity (Wildman–Crippen MR) is 84.6 cm³/mol. The summed E-state index contributed by atoms with van der Waals surface area (Å²) in [6.45, 7) is 5.03. The van der Waals surface area contributed by atoms with Crippen molar-refractivity contribution in [1.82, 2.24) is 24.9 Å². The highest BCUT2D eigenvalue weighted by atomic mass is 16.5. The van der Waals surface area contributed by atoms with E-state index in [0.29, 0.717) is 12.2 Å². The first-order chi connectivity index (χ1) is 11.3. The molecule has 24 heavy (non-hydrogen) atoms. The van der Waals surface area contributed by atoms with Gasteiger partial charge in [-0.15, -0.1) is 0 Å². The van der Waals surface area contributed by atoms with Gasteiger partial charge in [0.25, 0.3) is 5.78 Å². The number of nitrogens with one attached hydrogen (secondary N) is 1. The van der Waals surface area contributed by atoms with Crippen LogP contribution in [0.1, 0.15) is 30.3 Å². The standard InChI is InChI=1S/C15H21N5O4/c1-9-11(10(2)20-14(18-9)16-8-17-20)5-6-12(21)19-15(3,7-24-4)13(22)23/h8H,5-7H2,1-4H3,(H,19,21)(H,22,23). The Labute approximate surface area is 139 Å². The second-order valence-electron chi connectivity index (χ2n) is 5.85. The third-order valence-electron chi connectivity index (χ3n) is 3.91. The van der Waals surface area contributed by atoms with Crippen LogP contribution in [0, 0.1) is 13.8 Å². The zero-order chi connectivity index (χ0) is 17.9. The molecule has 0 aliphatic carbocycles. The van der Waals surface area contributed by atoms with E-state index in [4.69, 9.17) is 4.74 Å². The Morgan fingerprint density at radius 3 is 2.75 bits per heavy atom. The SMILES string of the molecule is COCC(C)(NC(=O)CCc1c(C)nc2ncnn2c1C)C(=O)O. The number of amides is 1. The number of methoxy groups -OCH3 is 1. The summed E-state index contributed by atoms with van der Waals surface area (Å²) in [4.78, 5) is 31.9. The highest BCUT2D eigenvalue weighted by Crippen LogP contribution is 2.15. The van der Waals surface area contributed by atoms with E-state index in [1.807, 2.05) is 13.8 Å². The quantitative estimate of drug-likeness (QED) is 0.746. The number of fused-ring (bicyclic) bond motifs is 1. The number of carboxylic acids is 1. The molecular weight excluding hydrogens is 314 g/mol. The number of aryl methyl sites for hydroxylation is 2. The van der Waals surface area contributed by atoms with Gasteiger partial charge in [-0.1, -0.05) is 0 Å². The third kappa shape index (κ3) is 3.51. The van der Waals surface area contributed by atoms with Crippen LogP contribution in [0.3, 0.4) is 0 Å². The lowest BCUT2D eigenvalue weighted by atomic mass is 10.0. The number of ether oxygens (including phenoxy) is 1. The van der Waals surface area contributed by atoms with E-state index >= 15 is 0 Å². The van der Waals surface area contributed by atoms with E-state index < -0.39 is 11.5 Å². The number of aliphatic carboxylic acids is 1. The highest BCUT2D eigenvalue weighted by molar-refractivity contribution is 5.86. The van der Waals surface area contributed by atoms with Crippen molar-refractivity contribution in [3.8, 4) is 0 Å². The molecule has 9 nitrogen and oxygen atoms in total. The fourth-order valence-corrected chi connectivity index (χ4v) is 2.57. The van der Waals surface area contributed by atoms with Crippen molar-refractivity contribution in [3.05, 3.63) is 23.3 Å². The van der Waals surface area contributed by atoms with Crippen LogP contribution >= 0.6 is 0 Å². The smallest absolute Gasteiger partial charge is 0.331 e. The Morgan fingerprint density at radius 2 is 2.12 bits per heavy atom. The number of carboxylic acid groups (broad SMARTS) is 1. The zero-order valence-electron chi connectivity index (χ0n) is 14.2. The third-order valence-corrected chi connectivity index (χ3v) is 3.91. The number of aromatic nitrogens is 4. The Hall–Kier alpha value is -2.55. The summed E-state index contributed by atoms with van der Waals surface area (Å²) in [6, 6.07) is 0. The summed E-state index contributed by atoms with van der Waals surface area (Å²) >= 11 is 0. The Morgan fingerprint density at radius 1 is 1.42 bits per heavy atom. The average molecular weight is 335 g/mol. The van der Waals surface area contributed by atoms with Crippen LogP contribution in [-0.4, -0.2) is 55.8 Å². The molecule has 1 unspecified atom stereocenters. The lowest BCUT2D eigenvalue weighted by Gasteiger charge is -2.25. The van der Waals surface area contributed by atoms with E-state index in [-0.39, 0.29) is 18.9 Å². The van der Waals surface area contributed by atoms with Crippen LogP contribution in [0.15, 0.2) is 6.33 Å². The van der Waals surface area contributed by atoms with Crippen molar-refractivity contribution < 1.29 is 19.4 Å². The van der Waals surface area contributed by atoms with Crippen molar-refractivity contribution in [2.24, 2.45) is 0 Å². The van der Waals surface area contributed by atoms with Gasteiger partial charge in [0, 0.05) is 24.9 Å². The number of rotatable bonds is 7. The second kappa shape index (κ2) is 6.91. The van der Waals surface area contributed by atoms with Crippen LogP contribution in [-0.2, 0) is 20.7 Å². The second-order valence-corrected chi connectivity index (χ2v) is 5.85. The highest BCUT2D eigenvalue weighted by Gasteiger charge is 2.34.